The van der Waals surface area contributed by atoms with Crippen LogP contribution in [0.25, 0.3) is 0 Å². The minimum absolute atomic E-state index is 0.0251. The zero-order valence-electron chi connectivity index (χ0n) is 13.2. The number of nitrogens with zero attached hydrogens (tertiary/aromatic N) is 1. The Hall–Kier alpha value is -1.43. The maximum absolute atomic E-state index is 11.7. The van der Waals surface area contributed by atoms with Gasteiger partial charge in [-0.2, -0.15) is 0 Å². The van der Waals surface area contributed by atoms with Crippen molar-refractivity contribution in [3.05, 3.63) is 29.3 Å². The Kier molecular flexibility index (Phi) is 3.75. The van der Waals surface area contributed by atoms with E-state index in [1.807, 2.05) is 18.7 Å². The summed E-state index contributed by atoms with van der Waals surface area (Å²) in [7, 11) is 0. The van der Waals surface area contributed by atoms with E-state index in [0.29, 0.717) is 17.7 Å². The maximum atomic E-state index is 11.7. The summed E-state index contributed by atoms with van der Waals surface area (Å²) in [6.45, 7) is 5.93. The summed E-state index contributed by atoms with van der Waals surface area (Å²) < 4.78 is 5.92. The number of aliphatic hydroxyl groups excluding tert-OH is 2. The van der Waals surface area contributed by atoms with Crippen molar-refractivity contribution in [2.75, 3.05) is 6.54 Å². The lowest BCUT2D eigenvalue weighted by Crippen LogP contribution is -2.54. The van der Waals surface area contributed by atoms with E-state index >= 15 is 0 Å². The molecule has 2 aliphatic rings. The predicted octanol–water partition coefficient (Wildman–Crippen LogP) is 1.88. The predicted molar refractivity (Wildman–Crippen MR) is 81.8 cm³/mol. The second-order valence-electron chi connectivity index (χ2n) is 6.76. The Morgan fingerprint density at radius 2 is 2.09 bits per heavy atom. The lowest BCUT2D eigenvalue weighted by molar-refractivity contribution is -0.117. The maximum Gasteiger partial charge on any atom is 0.159 e. The van der Waals surface area contributed by atoms with Crippen molar-refractivity contribution in [1.82, 2.24) is 4.90 Å². The van der Waals surface area contributed by atoms with Crippen LogP contribution in [0.2, 0.25) is 0 Å². The smallest absolute Gasteiger partial charge is 0.159 e. The quantitative estimate of drug-likeness (QED) is 0.816. The van der Waals surface area contributed by atoms with Gasteiger partial charge in [-0.25, -0.2) is 0 Å². The number of hydrogen-bond donors (Lipinski definition) is 2. The summed E-state index contributed by atoms with van der Waals surface area (Å²) >= 11 is 0. The molecule has 0 amide bonds. The molecule has 0 spiro atoms. The van der Waals surface area contributed by atoms with Crippen molar-refractivity contribution in [3.63, 3.8) is 0 Å². The molecular formula is C17H23NO4. The van der Waals surface area contributed by atoms with Gasteiger partial charge in [0.1, 0.15) is 23.7 Å². The van der Waals surface area contributed by atoms with Gasteiger partial charge in [-0.05, 0) is 51.8 Å². The van der Waals surface area contributed by atoms with Crippen LogP contribution in [-0.4, -0.2) is 45.4 Å². The van der Waals surface area contributed by atoms with E-state index in [2.05, 4.69) is 0 Å². The topological polar surface area (TPSA) is 70.0 Å². The van der Waals surface area contributed by atoms with Crippen LogP contribution in [0.3, 0.4) is 0 Å². The van der Waals surface area contributed by atoms with E-state index in [0.717, 1.165) is 18.5 Å². The highest BCUT2D eigenvalue weighted by Gasteiger charge is 2.47. The van der Waals surface area contributed by atoms with Crippen LogP contribution in [-0.2, 0) is 0 Å². The molecule has 1 aromatic rings. The molecule has 5 heteroatoms. The molecule has 1 saturated heterocycles. The second kappa shape index (κ2) is 5.33. The van der Waals surface area contributed by atoms with Gasteiger partial charge in [-0.3, -0.25) is 9.69 Å². The minimum Gasteiger partial charge on any atom is -0.485 e. The summed E-state index contributed by atoms with van der Waals surface area (Å²) in [6, 6.07) is 4.95. The van der Waals surface area contributed by atoms with Gasteiger partial charge in [0.05, 0.1) is 6.04 Å². The van der Waals surface area contributed by atoms with Crippen LogP contribution in [0.5, 0.6) is 5.75 Å². The fraction of sp³-hybridized carbons (Fsp3) is 0.588. The lowest BCUT2D eigenvalue weighted by Gasteiger charge is -2.46. The number of benzene rings is 1. The zero-order valence-corrected chi connectivity index (χ0v) is 13.2. The minimum atomic E-state index is -0.782. The summed E-state index contributed by atoms with van der Waals surface area (Å²) in [6.07, 6.45) is 0.247. The SMILES string of the molecule is CC(=O)c1ccc2c(c1)[C@@H](N1CCCC1O)[C@H](O)C(C)(C)O2. The van der Waals surface area contributed by atoms with Gasteiger partial charge in [0.25, 0.3) is 0 Å². The van der Waals surface area contributed by atoms with Crippen LogP contribution in [0, 0.1) is 0 Å². The highest BCUT2D eigenvalue weighted by atomic mass is 16.5. The standard InChI is InChI=1S/C17H23NO4/c1-10(19)11-6-7-13-12(9-11)15(16(21)17(2,3)22-13)18-8-4-5-14(18)20/h6-7,9,14-16,20-21H,4-5,8H2,1-3H3/t14?,15-,16+/m1/s1. The molecule has 0 aliphatic carbocycles. The molecule has 1 unspecified atom stereocenters. The molecule has 3 atom stereocenters. The summed E-state index contributed by atoms with van der Waals surface area (Å²) in [5.74, 6) is 0.646. The molecule has 5 nitrogen and oxygen atoms in total. The molecule has 2 N–H and O–H groups in total. The second-order valence-corrected chi connectivity index (χ2v) is 6.76. The number of fused-ring (bicyclic) bond motifs is 1. The van der Waals surface area contributed by atoms with E-state index < -0.39 is 17.9 Å². The number of ether oxygens (including phenoxy) is 1. The van der Waals surface area contributed by atoms with Crippen molar-refractivity contribution >= 4 is 5.78 Å². The van der Waals surface area contributed by atoms with Crippen LogP contribution < -0.4 is 4.74 Å². The van der Waals surface area contributed by atoms with E-state index in [9.17, 15) is 15.0 Å². The molecule has 22 heavy (non-hydrogen) atoms. The first-order valence-electron chi connectivity index (χ1n) is 7.77. The fourth-order valence-corrected chi connectivity index (χ4v) is 3.44. The largest absolute Gasteiger partial charge is 0.485 e. The number of aliphatic hydroxyl groups is 2. The van der Waals surface area contributed by atoms with Crippen LogP contribution in [0.4, 0.5) is 0 Å². The Labute approximate surface area is 130 Å². The van der Waals surface area contributed by atoms with E-state index in [1.54, 1.807) is 18.2 Å². The monoisotopic (exact) mass is 305 g/mol. The summed E-state index contributed by atoms with van der Waals surface area (Å²) in [5.41, 5.74) is 0.617. The first-order valence-corrected chi connectivity index (χ1v) is 7.77. The van der Waals surface area contributed by atoms with Crippen molar-refractivity contribution in [3.8, 4) is 5.75 Å². The molecule has 0 aromatic heterocycles. The van der Waals surface area contributed by atoms with Gasteiger partial charge in [-0.15, -0.1) is 0 Å². The summed E-state index contributed by atoms with van der Waals surface area (Å²) in [4.78, 5) is 13.6. The number of carbonyl (C=O) groups excluding carboxylic acids is 1. The third-order valence-electron chi connectivity index (χ3n) is 4.74. The van der Waals surface area contributed by atoms with E-state index in [4.69, 9.17) is 4.74 Å². The fourth-order valence-electron chi connectivity index (χ4n) is 3.44. The first-order chi connectivity index (χ1) is 10.3. The van der Waals surface area contributed by atoms with Gasteiger partial charge >= 0.3 is 0 Å². The third kappa shape index (κ3) is 2.43. The lowest BCUT2D eigenvalue weighted by atomic mass is 9.84. The van der Waals surface area contributed by atoms with Crippen LogP contribution in [0.1, 0.15) is 55.6 Å². The zero-order chi connectivity index (χ0) is 16.1. The molecule has 3 rings (SSSR count). The third-order valence-corrected chi connectivity index (χ3v) is 4.74. The van der Waals surface area contributed by atoms with Crippen LogP contribution >= 0.6 is 0 Å². The molecule has 1 fully saturated rings. The van der Waals surface area contributed by atoms with Gasteiger partial charge < -0.3 is 14.9 Å². The summed E-state index contributed by atoms with van der Waals surface area (Å²) in [5, 5.41) is 21.0. The van der Waals surface area contributed by atoms with Crippen molar-refractivity contribution in [2.24, 2.45) is 0 Å². The highest BCUT2D eigenvalue weighted by Crippen LogP contribution is 2.45. The molecule has 2 heterocycles. The highest BCUT2D eigenvalue weighted by molar-refractivity contribution is 5.94. The van der Waals surface area contributed by atoms with Gasteiger partial charge in [0, 0.05) is 17.7 Å². The number of ketones is 1. The number of hydrogen-bond acceptors (Lipinski definition) is 5. The van der Waals surface area contributed by atoms with E-state index in [-0.39, 0.29) is 11.8 Å². The Balaban J connectivity index is 2.10. The van der Waals surface area contributed by atoms with Crippen LogP contribution in [0.15, 0.2) is 18.2 Å². The van der Waals surface area contributed by atoms with Gasteiger partial charge in [0.15, 0.2) is 5.78 Å². The average molecular weight is 305 g/mol. The molecule has 0 radical (unpaired) electrons. The number of carbonyl (C=O) groups is 1. The molecular weight excluding hydrogens is 282 g/mol. The molecule has 120 valence electrons. The number of Topliss-reactive ketones (excluding diaryl/α,β-unsaturated/α-hetero) is 1. The van der Waals surface area contributed by atoms with Gasteiger partial charge in [0.2, 0.25) is 0 Å². The van der Waals surface area contributed by atoms with E-state index in [1.165, 1.54) is 6.92 Å². The molecule has 0 saturated carbocycles. The van der Waals surface area contributed by atoms with Gasteiger partial charge in [-0.1, -0.05) is 0 Å². The van der Waals surface area contributed by atoms with Crippen molar-refractivity contribution < 1.29 is 19.7 Å². The first kappa shape index (κ1) is 15.5. The van der Waals surface area contributed by atoms with Crippen molar-refractivity contribution in [2.45, 2.75) is 57.6 Å². The normalized spacial score (nSPS) is 30.7. The number of likely N-dealkylation sites (tertiary alicyclic amines) is 1. The molecule has 0 bridgehead atoms. The van der Waals surface area contributed by atoms with Crippen molar-refractivity contribution in [1.29, 1.82) is 0 Å². The molecule has 2 aliphatic heterocycles. The molecule has 1 aromatic carbocycles. The average Bonchev–Trinajstić information content (AvgIpc) is 2.85. The Morgan fingerprint density at radius 3 is 2.68 bits per heavy atom. The number of rotatable bonds is 2. The Bertz CT molecular complexity index is 598. The Morgan fingerprint density at radius 1 is 1.36 bits per heavy atom.